The highest BCUT2D eigenvalue weighted by Gasteiger charge is 2.22. The number of ether oxygens (including phenoxy) is 1. The highest BCUT2D eigenvalue weighted by Crippen LogP contribution is 2.29. The van der Waals surface area contributed by atoms with E-state index in [2.05, 4.69) is 24.9 Å². The molecule has 0 heterocycles. The van der Waals surface area contributed by atoms with E-state index in [1.165, 1.54) is 51.4 Å². The summed E-state index contributed by atoms with van der Waals surface area (Å²) in [5, 5.41) is 3.37. The standard InChI is InChI=1S/C15H31NOS.H2O4S/c1-2-15(14-8-4-3-5-9-14)17-12-7-6-10-16-11-13-18;1-5(2,3)4/h14-16,18H,2-13H2,1H3;(H2,1,2,3,4). The van der Waals surface area contributed by atoms with Crippen LogP contribution in [0, 0.1) is 5.92 Å². The van der Waals surface area contributed by atoms with E-state index < -0.39 is 10.4 Å². The monoisotopic (exact) mass is 371 g/mol. The smallest absolute Gasteiger partial charge is 0.378 e. The van der Waals surface area contributed by atoms with E-state index in [0.29, 0.717) is 6.10 Å². The van der Waals surface area contributed by atoms with Crippen LogP contribution in [0.2, 0.25) is 0 Å². The number of rotatable bonds is 10. The van der Waals surface area contributed by atoms with E-state index in [1.807, 2.05) is 0 Å². The molecule has 0 spiro atoms. The molecule has 0 amide bonds. The second-order valence-electron chi connectivity index (χ2n) is 5.84. The van der Waals surface area contributed by atoms with Crippen LogP contribution < -0.4 is 5.32 Å². The molecule has 1 rings (SSSR count). The normalized spacial score (nSPS) is 17.4. The van der Waals surface area contributed by atoms with Crippen molar-refractivity contribution >= 4 is 23.0 Å². The molecule has 0 radical (unpaired) electrons. The first-order valence-corrected chi connectivity index (χ1v) is 10.5. The van der Waals surface area contributed by atoms with Gasteiger partial charge in [-0.15, -0.1) is 0 Å². The summed E-state index contributed by atoms with van der Waals surface area (Å²) in [6.07, 6.45) is 11.2. The minimum Gasteiger partial charge on any atom is -0.378 e. The molecule has 1 unspecified atom stereocenters. The lowest BCUT2D eigenvalue weighted by atomic mass is 9.84. The lowest BCUT2D eigenvalue weighted by Gasteiger charge is -2.29. The van der Waals surface area contributed by atoms with E-state index in [1.54, 1.807) is 0 Å². The third-order valence-electron chi connectivity index (χ3n) is 3.95. The fourth-order valence-electron chi connectivity index (χ4n) is 2.88. The number of thiol groups is 1. The number of hydrogen-bond acceptors (Lipinski definition) is 5. The lowest BCUT2D eigenvalue weighted by Crippen LogP contribution is -2.26. The largest absolute Gasteiger partial charge is 0.394 e. The van der Waals surface area contributed by atoms with E-state index in [0.717, 1.165) is 31.4 Å². The number of unbranched alkanes of at least 4 members (excludes halogenated alkanes) is 1. The maximum absolute atomic E-state index is 8.74. The van der Waals surface area contributed by atoms with Crippen molar-refractivity contribution in [1.82, 2.24) is 5.32 Å². The summed E-state index contributed by atoms with van der Waals surface area (Å²) < 4.78 is 37.7. The molecule has 8 heteroatoms. The zero-order chi connectivity index (χ0) is 17.6. The second-order valence-corrected chi connectivity index (χ2v) is 7.19. The molecular formula is C15H33NO5S2. The van der Waals surface area contributed by atoms with Gasteiger partial charge in [0.25, 0.3) is 0 Å². The van der Waals surface area contributed by atoms with Gasteiger partial charge in [0.2, 0.25) is 0 Å². The van der Waals surface area contributed by atoms with Gasteiger partial charge >= 0.3 is 10.4 Å². The maximum atomic E-state index is 8.74. The van der Waals surface area contributed by atoms with Gasteiger partial charge in [-0.25, -0.2) is 0 Å². The van der Waals surface area contributed by atoms with Crippen LogP contribution in [0.25, 0.3) is 0 Å². The zero-order valence-corrected chi connectivity index (χ0v) is 15.8. The van der Waals surface area contributed by atoms with Crippen molar-refractivity contribution in [2.75, 3.05) is 25.4 Å². The summed E-state index contributed by atoms with van der Waals surface area (Å²) in [6.45, 7) is 5.33. The van der Waals surface area contributed by atoms with Gasteiger partial charge in [-0.2, -0.15) is 21.0 Å². The van der Waals surface area contributed by atoms with Gasteiger partial charge in [0.05, 0.1) is 6.10 Å². The average molecular weight is 372 g/mol. The summed E-state index contributed by atoms with van der Waals surface area (Å²) in [4.78, 5) is 0. The summed E-state index contributed by atoms with van der Waals surface area (Å²) >= 11 is 4.17. The first kappa shape index (κ1) is 23.1. The highest BCUT2D eigenvalue weighted by molar-refractivity contribution is 7.80. The first-order valence-electron chi connectivity index (χ1n) is 8.51. The SMILES string of the molecule is CCC(OCCCCNCCS)C1CCCCC1.O=S(=O)(O)O. The Hall–Kier alpha value is 0.140. The van der Waals surface area contributed by atoms with Crippen LogP contribution in [0.15, 0.2) is 0 Å². The second kappa shape index (κ2) is 14.5. The van der Waals surface area contributed by atoms with Gasteiger partial charge in [0.15, 0.2) is 0 Å². The fraction of sp³-hybridized carbons (Fsp3) is 1.00. The molecule has 1 aliphatic rings. The topological polar surface area (TPSA) is 95.9 Å². The van der Waals surface area contributed by atoms with E-state index >= 15 is 0 Å². The Balaban J connectivity index is 0.000000841. The van der Waals surface area contributed by atoms with Gasteiger partial charge in [0.1, 0.15) is 0 Å². The molecule has 1 fully saturated rings. The van der Waals surface area contributed by atoms with Crippen LogP contribution in [0.1, 0.15) is 58.3 Å². The van der Waals surface area contributed by atoms with Crippen LogP contribution in [0.3, 0.4) is 0 Å². The molecular weight excluding hydrogens is 338 g/mol. The predicted octanol–water partition coefficient (Wildman–Crippen LogP) is 3.01. The third kappa shape index (κ3) is 16.8. The van der Waals surface area contributed by atoms with Gasteiger partial charge in [0, 0.05) is 18.9 Å². The van der Waals surface area contributed by atoms with Crippen LogP contribution >= 0.6 is 12.6 Å². The quantitative estimate of drug-likeness (QED) is 0.268. The van der Waals surface area contributed by atoms with Crippen molar-refractivity contribution in [1.29, 1.82) is 0 Å². The lowest BCUT2D eigenvalue weighted by molar-refractivity contribution is -0.00329. The summed E-state index contributed by atoms with van der Waals surface area (Å²) in [5.74, 6) is 1.77. The maximum Gasteiger partial charge on any atom is 0.394 e. The Morgan fingerprint density at radius 3 is 2.30 bits per heavy atom. The first-order chi connectivity index (χ1) is 10.9. The molecule has 6 nitrogen and oxygen atoms in total. The van der Waals surface area contributed by atoms with Crippen molar-refractivity contribution in [3.8, 4) is 0 Å². The third-order valence-corrected chi connectivity index (χ3v) is 4.17. The average Bonchev–Trinajstić information content (AvgIpc) is 2.49. The van der Waals surface area contributed by atoms with Crippen LogP contribution in [0.5, 0.6) is 0 Å². The Kier molecular flexibility index (Phi) is 14.6. The van der Waals surface area contributed by atoms with Crippen molar-refractivity contribution in [2.45, 2.75) is 64.4 Å². The Morgan fingerprint density at radius 2 is 1.78 bits per heavy atom. The van der Waals surface area contributed by atoms with Crippen molar-refractivity contribution in [3.05, 3.63) is 0 Å². The van der Waals surface area contributed by atoms with Crippen LogP contribution in [-0.4, -0.2) is 49.1 Å². The predicted molar refractivity (Wildman–Crippen MR) is 96.7 cm³/mol. The minimum absolute atomic E-state index is 0.524. The molecule has 1 aliphatic carbocycles. The van der Waals surface area contributed by atoms with Crippen LogP contribution in [-0.2, 0) is 15.1 Å². The number of nitrogens with one attached hydrogen (secondary N) is 1. The molecule has 0 aromatic rings. The van der Waals surface area contributed by atoms with Crippen molar-refractivity contribution in [3.63, 3.8) is 0 Å². The summed E-state index contributed by atoms with van der Waals surface area (Å²) in [6, 6.07) is 0. The molecule has 0 aromatic carbocycles. The summed E-state index contributed by atoms with van der Waals surface area (Å²) in [5.41, 5.74) is 0. The van der Waals surface area contributed by atoms with Gasteiger partial charge in [-0.05, 0) is 44.6 Å². The summed E-state index contributed by atoms with van der Waals surface area (Å²) in [7, 11) is -4.67. The molecule has 0 bridgehead atoms. The molecule has 0 aliphatic heterocycles. The molecule has 1 atom stereocenters. The Labute approximate surface area is 146 Å². The highest BCUT2D eigenvalue weighted by atomic mass is 32.3. The van der Waals surface area contributed by atoms with Crippen molar-refractivity contribution in [2.24, 2.45) is 5.92 Å². The number of hydrogen-bond donors (Lipinski definition) is 4. The van der Waals surface area contributed by atoms with E-state index in [-0.39, 0.29) is 0 Å². The minimum atomic E-state index is -4.67. The molecule has 23 heavy (non-hydrogen) atoms. The van der Waals surface area contributed by atoms with Crippen molar-refractivity contribution < 1.29 is 22.3 Å². The molecule has 1 saturated carbocycles. The molecule has 0 aromatic heterocycles. The zero-order valence-electron chi connectivity index (χ0n) is 14.1. The van der Waals surface area contributed by atoms with E-state index in [9.17, 15) is 0 Å². The molecule has 140 valence electrons. The molecule has 3 N–H and O–H groups in total. The van der Waals surface area contributed by atoms with Gasteiger partial charge in [-0.1, -0.05) is 26.2 Å². The Bertz CT molecular complexity index is 351. The van der Waals surface area contributed by atoms with E-state index in [4.69, 9.17) is 22.3 Å². The molecule has 0 saturated heterocycles. The van der Waals surface area contributed by atoms with Gasteiger partial charge < -0.3 is 10.1 Å². The van der Waals surface area contributed by atoms with Crippen LogP contribution in [0.4, 0.5) is 0 Å². The van der Waals surface area contributed by atoms with Gasteiger partial charge in [-0.3, -0.25) is 9.11 Å². The fourth-order valence-corrected chi connectivity index (χ4v) is 3.04. The Morgan fingerprint density at radius 1 is 1.17 bits per heavy atom.